The lowest BCUT2D eigenvalue weighted by molar-refractivity contribution is -0.137. The predicted octanol–water partition coefficient (Wildman–Crippen LogP) is 5.02. The molecular weight excluding hydrogens is 447 g/mol. The summed E-state index contributed by atoms with van der Waals surface area (Å²) in [6, 6.07) is 9.43. The van der Waals surface area contributed by atoms with Crippen molar-refractivity contribution in [2.45, 2.75) is 37.9 Å². The SMILES string of the molecule is Nc1cnc(C(=O)NC2CCC(=Cc3cccc(Oc4ccc(C(F)(F)F)cn4)c3)CC2)cn1. The van der Waals surface area contributed by atoms with E-state index in [1.54, 1.807) is 12.1 Å². The zero-order valence-corrected chi connectivity index (χ0v) is 18.0. The number of allylic oxidation sites excluding steroid dienone is 1. The largest absolute Gasteiger partial charge is 0.439 e. The van der Waals surface area contributed by atoms with Crippen molar-refractivity contribution in [2.24, 2.45) is 0 Å². The first-order valence-electron chi connectivity index (χ1n) is 10.7. The summed E-state index contributed by atoms with van der Waals surface area (Å²) >= 11 is 0. The highest BCUT2D eigenvalue weighted by Crippen LogP contribution is 2.31. The second-order valence-electron chi connectivity index (χ2n) is 7.93. The first kappa shape index (κ1) is 23.2. The van der Waals surface area contributed by atoms with Crippen molar-refractivity contribution in [3.63, 3.8) is 0 Å². The molecule has 34 heavy (non-hydrogen) atoms. The summed E-state index contributed by atoms with van der Waals surface area (Å²) in [5, 5.41) is 2.98. The number of benzene rings is 1. The van der Waals surface area contributed by atoms with E-state index in [0.717, 1.165) is 43.5 Å². The molecule has 3 N–H and O–H groups in total. The minimum absolute atomic E-state index is 0.0458. The van der Waals surface area contributed by atoms with Gasteiger partial charge in [0.2, 0.25) is 5.88 Å². The maximum atomic E-state index is 12.7. The van der Waals surface area contributed by atoms with E-state index in [4.69, 9.17) is 10.5 Å². The number of ether oxygens (including phenoxy) is 1. The van der Waals surface area contributed by atoms with Gasteiger partial charge in [-0.05, 0) is 49.4 Å². The number of rotatable bonds is 5. The van der Waals surface area contributed by atoms with Crippen LogP contribution in [0.15, 0.2) is 60.6 Å². The van der Waals surface area contributed by atoms with E-state index in [-0.39, 0.29) is 29.3 Å². The highest BCUT2D eigenvalue weighted by Gasteiger charge is 2.30. The molecule has 0 atom stereocenters. The number of nitrogens with one attached hydrogen (secondary N) is 1. The van der Waals surface area contributed by atoms with Crippen LogP contribution in [0.3, 0.4) is 0 Å². The molecule has 7 nitrogen and oxygen atoms in total. The molecule has 0 unspecified atom stereocenters. The number of anilines is 1. The maximum Gasteiger partial charge on any atom is 0.417 e. The van der Waals surface area contributed by atoms with E-state index in [1.165, 1.54) is 24.0 Å². The Morgan fingerprint density at radius 3 is 2.50 bits per heavy atom. The molecule has 1 aliphatic carbocycles. The molecule has 0 radical (unpaired) electrons. The van der Waals surface area contributed by atoms with Crippen LogP contribution in [0.5, 0.6) is 11.6 Å². The molecule has 4 rings (SSSR count). The third kappa shape index (κ3) is 6.09. The van der Waals surface area contributed by atoms with Crippen molar-refractivity contribution < 1.29 is 22.7 Å². The van der Waals surface area contributed by atoms with E-state index < -0.39 is 11.7 Å². The molecule has 0 saturated heterocycles. The van der Waals surface area contributed by atoms with Crippen LogP contribution in [0.4, 0.5) is 19.0 Å². The van der Waals surface area contributed by atoms with E-state index in [0.29, 0.717) is 5.75 Å². The van der Waals surface area contributed by atoms with Crippen molar-refractivity contribution >= 4 is 17.8 Å². The summed E-state index contributed by atoms with van der Waals surface area (Å²) in [6.07, 6.45) is 4.32. The Kier molecular flexibility index (Phi) is 6.76. The number of halogens is 3. The topological polar surface area (TPSA) is 103 Å². The van der Waals surface area contributed by atoms with Crippen LogP contribution in [-0.4, -0.2) is 26.9 Å². The molecule has 176 valence electrons. The quantitative estimate of drug-likeness (QED) is 0.544. The fraction of sp³-hybridized carbons (Fsp3) is 0.250. The van der Waals surface area contributed by atoms with Gasteiger partial charge in [-0.15, -0.1) is 0 Å². The lowest BCUT2D eigenvalue weighted by Gasteiger charge is -2.25. The highest BCUT2D eigenvalue weighted by atomic mass is 19.4. The Bertz CT molecular complexity index is 1170. The van der Waals surface area contributed by atoms with E-state index in [9.17, 15) is 18.0 Å². The van der Waals surface area contributed by atoms with Crippen LogP contribution in [0.25, 0.3) is 6.08 Å². The third-order valence-corrected chi connectivity index (χ3v) is 5.38. The van der Waals surface area contributed by atoms with Crippen LogP contribution < -0.4 is 15.8 Å². The van der Waals surface area contributed by atoms with Gasteiger partial charge < -0.3 is 15.8 Å². The molecule has 2 heterocycles. The number of aromatic nitrogens is 3. The van der Waals surface area contributed by atoms with Crippen molar-refractivity contribution in [1.29, 1.82) is 0 Å². The normalized spacial score (nSPS) is 16.1. The van der Waals surface area contributed by atoms with E-state index in [2.05, 4.69) is 26.3 Å². The van der Waals surface area contributed by atoms with Crippen molar-refractivity contribution in [2.75, 3.05) is 5.73 Å². The Labute approximate surface area is 193 Å². The van der Waals surface area contributed by atoms with Crippen LogP contribution in [0, 0.1) is 0 Å². The van der Waals surface area contributed by atoms with Gasteiger partial charge in [0.25, 0.3) is 5.91 Å². The molecule has 1 amide bonds. The smallest absolute Gasteiger partial charge is 0.417 e. The lowest BCUT2D eigenvalue weighted by atomic mass is 9.89. The molecule has 3 aromatic rings. The second kappa shape index (κ2) is 9.90. The minimum atomic E-state index is -4.44. The summed E-state index contributed by atoms with van der Waals surface area (Å²) in [6.45, 7) is 0. The van der Waals surface area contributed by atoms with Gasteiger partial charge in [0.15, 0.2) is 0 Å². The number of nitrogens with zero attached hydrogens (tertiary/aromatic N) is 3. The van der Waals surface area contributed by atoms with Crippen molar-refractivity contribution in [1.82, 2.24) is 20.3 Å². The number of carbonyl (C=O) groups is 1. The average Bonchev–Trinajstić information content (AvgIpc) is 2.81. The Balaban J connectivity index is 1.33. The summed E-state index contributed by atoms with van der Waals surface area (Å²) in [5.41, 5.74) is 7.06. The minimum Gasteiger partial charge on any atom is -0.439 e. The lowest BCUT2D eigenvalue weighted by Crippen LogP contribution is -2.37. The molecule has 1 aromatic carbocycles. The number of hydrogen-bond donors (Lipinski definition) is 2. The van der Waals surface area contributed by atoms with Crippen molar-refractivity contribution in [3.8, 4) is 11.6 Å². The van der Waals surface area contributed by atoms with Gasteiger partial charge in [-0.2, -0.15) is 13.2 Å². The fourth-order valence-electron chi connectivity index (χ4n) is 3.62. The van der Waals surface area contributed by atoms with E-state index >= 15 is 0 Å². The molecular formula is C24H22F3N5O2. The van der Waals surface area contributed by atoms with E-state index in [1.807, 2.05) is 12.1 Å². The molecule has 1 aliphatic rings. The van der Waals surface area contributed by atoms with Crippen molar-refractivity contribution in [3.05, 3.63) is 77.4 Å². The fourth-order valence-corrected chi connectivity index (χ4v) is 3.62. The Morgan fingerprint density at radius 2 is 1.85 bits per heavy atom. The van der Waals surface area contributed by atoms with Gasteiger partial charge in [-0.25, -0.2) is 15.0 Å². The van der Waals surface area contributed by atoms with Gasteiger partial charge in [-0.1, -0.05) is 23.8 Å². The summed E-state index contributed by atoms with van der Waals surface area (Å²) in [5.74, 6) is 0.549. The van der Waals surface area contributed by atoms with Crippen LogP contribution in [0.2, 0.25) is 0 Å². The number of hydrogen-bond acceptors (Lipinski definition) is 6. The molecule has 1 fully saturated rings. The number of nitrogen functional groups attached to an aromatic ring is 1. The zero-order valence-electron chi connectivity index (χ0n) is 18.0. The first-order chi connectivity index (χ1) is 16.3. The standard InChI is InChI=1S/C24H22F3N5O2/c25-24(26,27)17-6-9-22(31-12-17)34-19-3-1-2-16(11-19)10-15-4-7-18(8-5-15)32-23(33)20-13-30-21(28)14-29-20/h1-3,6,9-14,18H,4-5,7-8H2,(H2,28,30)(H,32,33). The number of alkyl halides is 3. The summed E-state index contributed by atoms with van der Waals surface area (Å²) in [4.78, 5) is 23.9. The monoisotopic (exact) mass is 469 g/mol. The average molecular weight is 469 g/mol. The maximum absolute atomic E-state index is 12.7. The van der Waals surface area contributed by atoms with Crippen LogP contribution in [-0.2, 0) is 6.18 Å². The first-order valence-corrected chi connectivity index (χ1v) is 10.7. The third-order valence-electron chi connectivity index (χ3n) is 5.38. The van der Waals surface area contributed by atoms with Gasteiger partial charge >= 0.3 is 6.18 Å². The van der Waals surface area contributed by atoms with Gasteiger partial charge in [0.1, 0.15) is 17.3 Å². The molecule has 0 bridgehead atoms. The number of carbonyl (C=O) groups excluding carboxylic acids is 1. The molecule has 0 aliphatic heterocycles. The summed E-state index contributed by atoms with van der Waals surface area (Å²) < 4.78 is 43.7. The molecule has 10 heteroatoms. The Hall–Kier alpha value is -3.95. The van der Waals surface area contributed by atoms with Crippen LogP contribution in [0.1, 0.15) is 47.3 Å². The molecule has 1 saturated carbocycles. The van der Waals surface area contributed by atoms with Crippen LogP contribution >= 0.6 is 0 Å². The second-order valence-corrected chi connectivity index (χ2v) is 7.93. The number of amides is 1. The number of pyridine rings is 1. The summed E-state index contributed by atoms with van der Waals surface area (Å²) in [7, 11) is 0. The highest BCUT2D eigenvalue weighted by molar-refractivity contribution is 5.92. The zero-order chi connectivity index (χ0) is 24.1. The Morgan fingerprint density at radius 1 is 1.06 bits per heavy atom. The predicted molar refractivity (Wildman–Crippen MR) is 120 cm³/mol. The van der Waals surface area contributed by atoms with Gasteiger partial charge in [-0.3, -0.25) is 4.79 Å². The molecule has 0 spiro atoms. The number of nitrogens with two attached hydrogens (primary N) is 1. The van der Waals surface area contributed by atoms with Gasteiger partial charge in [0, 0.05) is 18.3 Å². The van der Waals surface area contributed by atoms with Gasteiger partial charge in [0.05, 0.1) is 18.0 Å². The molecule has 2 aromatic heterocycles.